The highest BCUT2D eigenvalue weighted by Gasteiger charge is 2.04. The zero-order chi connectivity index (χ0) is 12.0. The molecule has 5 heteroatoms. The van der Waals surface area contributed by atoms with Crippen molar-refractivity contribution in [3.8, 4) is 0 Å². The average Bonchev–Trinajstić information content (AvgIpc) is 2.29. The maximum atomic E-state index is 11.2. The van der Waals surface area contributed by atoms with Crippen LogP contribution in [0.4, 0.5) is 10.5 Å². The van der Waals surface area contributed by atoms with E-state index in [1.165, 1.54) is 0 Å². The molecule has 0 radical (unpaired) electrons. The third-order valence-electron chi connectivity index (χ3n) is 1.90. The van der Waals surface area contributed by atoms with Crippen molar-refractivity contribution in [3.05, 3.63) is 29.8 Å². The third-order valence-corrected chi connectivity index (χ3v) is 1.90. The Morgan fingerprint density at radius 2 is 1.88 bits per heavy atom. The van der Waals surface area contributed by atoms with Gasteiger partial charge in [-0.15, -0.1) is 0 Å². The second kappa shape index (κ2) is 5.75. The lowest BCUT2D eigenvalue weighted by Crippen LogP contribution is -2.18. The molecule has 1 aromatic rings. The minimum absolute atomic E-state index is 0.164. The van der Waals surface area contributed by atoms with Gasteiger partial charge in [-0.2, -0.15) is 0 Å². The Morgan fingerprint density at radius 1 is 1.25 bits per heavy atom. The molecule has 16 heavy (non-hydrogen) atoms. The van der Waals surface area contributed by atoms with Crippen molar-refractivity contribution in [3.63, 3.8) is 0 Å². The number of hydrogen-bond acceptors (Lipinski definition) is 3. The monoisotopic (exact) mass is 222 g/mol. The van der Waals surface area contributed by atoms with E-state index in [1.54, 1.807) is 38.2 Å². The number of carbonyl (C=O) groups is 2. The SMILES string of the molecule is CCOC(=O)Nc1ccc(C(=O)NC)cc1. The number of benzene rings is 1. The van der Waals surface area contributed by atoms with Crippen LogP contribution in [0.15, 0.2) is 24.3 Å². The van der Waals surface area contributed by atoms with Gasteiger partial charge in [-0.3, -0.25) is 10.1 Å². The molecule has 0 saturated carbocycles. The van der Waals surface area contributed by atoms with Crippen molar-refractivity contribution < 1.29 is 14.3 Å². The second-order valence-corrected chi connectivity index (χ2v) is 3.00. The summed E-state index contributed by atoms with van der Waals surface area (Å²) in [4.78, 5) is 22.3. The molecule has 2 amide bonds. The van der Waals surface area contributed by atoms with E-state index in [0.29, 0.717) is 17.9 Å². The van der Waals surface area contributed by atoms with Crippen LogP contribution in [0.25, 0.3) is 0 Å². The molecule has 5 nitrogen and oxygen atoms in total. The van der Waals surface area contributed by atoms with E-state index >= 15 is 0 Å². The van der Waals surface area contributed by atoms with E-state index in [4.69, 9.17) is 4.74 Å². The summed E-state index contributed by atoms with van der Waals surface area (Å²) < 4.78 is 4.72. The van der Waals surface area contributed by atoms with Gasteiger partial charge in [-0.25, -0.2) is 4.79 Å². The molecular weight excluding hydrogens is 208 g/mol. The van der Waals surface area contributed by atoms with Crippen LogP contribution in [0.3, 0.4) is 0 Å². The summed E-state index contributed by atoms with van der Waals surface area (Å²) in [6, 6.07) is 6.53. The number of amides is 2. The van der Waals surface area contributed by atoms with Crippen molar-refractivity contribution in [2.24, 2.45) is 0 Å². The summed E-state index contributed by atoms with van der Waals surface area (Å²) >= 11 is 0. The highest BCUT2D eigenvalue weighted by Crippen LogP contribution is 2.09. The van der Waals surface area contributed by atoms with Crippen LogP contribution in [0.2, 0.25) is 0 Å². The number of hydrogen-bond donors (Lipinski definition) is 2. The molecule has 0 aliphatic rings. The molecule has 0 aliphatic heterocycles. The summed E-state index contributed by atoms with van der Waals surface area (Å²) in [5.74, 6) is -0.164. The normalized spacial score (nSPS) is 9.38. The van der Waals surface area contributed by atoms with Crippen LogP contribution in [0.5, 0.6) is 0 Å². The highest BCUT2D eigenvalue weighted by atomic mass is 16.5. The van der Waals surface area contributed by atoms with Crippen LogP contribution in [-0.4, -0.2) is 25.7 Å². The molecule has 86 valence electrons. The molecule has 0 atom stereocenters. The number of nitrogens with one attached hydrogen (secondary N) is 2. The van der Waals surface area contributed by atoms with Crippen LogP contribution in [0.1, 0.15) is 17.3 Å². The number of anilines is 1. The molecule has 1 aromatic carbocycles. The van der Waals surface area contributed by atoms with Gasteiger partial charge in [0.15, 0.2) is 0 Å². The lowest BCUT2D eigenvalue weighted by molar-refractivity contribution is 0.0963. The lowest BCUT2D eigenvalue weighted by atomic mass is 10.2. The van der Waals surface area contributed by atoms with Gasteiger partial charge in [-0.05, 0) is 31.2 Å². The molecule has 2 N–H and O–H groups in total. The molecule has 0 unspecified atom stereocenters. The topological polar surface area (TPSA) is 67.4 Å². The van der Waals surface area contributed by atoms with Gasteiger partial charge >= 0.3 is 6.09 Å². The second-order valence-electron chi connectivity index (χ2n) is 3.00. The smallest absolute Gasteiger partial charge is 0.411 e. The van der Waals surface area contributed by atoms with Gasteiger partial charge < -0.3 is 10.1 Å². The summed E-state index contributed by atoms with van der Waals surface area (Å²) in [5.41, 5.74) is 1.13. The minimum Gasteiger partial charge on any atom is -0.450 e. The third kappa shape index (κ3) is 3.27. The van der Waals surface area contributed by atoms with E-state index in [-0.39, 0.29) is 5.91 Å². The zero-order valence-electron chi connectivity index (χ0n) is 9.24. The fourth-order valence-electron chi connectivity index (χ4n) is 1.13. The Labute approximate surface area is 93.8 Å². The van der Waals surface area contributed by atoms with E-state index < -0.39 is 6.09 Å². The van der Waals surface area contributed by atoms with Crippen LogP contribution in [-0.2, 0) is 4.74 Å². The first kappa shape index (κ1) is 12.0. The maximum Gasteiger partial charge on any atom is 0.411 e. The van der Waals surface area contributed by atoms with E-state index in [2.05, 4.69) is 10.6 Å². The zero-order valence-corrected chi connectivity index (χ0v) is 9.24. The molecule has 0 fully saturated rings. The Balaban J connectivity index is 2.64. The standard InChI is InChI=1S/C11H14N2O3/c1-3-16-11(15)13-9-6-4-8(5-7-9)10(14)12-2/h4-7H,3H2,1-2H3,(H,12,14)(H,13,15). The van der Waals surface area contributed by atoms with Crippen molar-refractivity contribution >= 4 is 17.7 Å². The van der Waals surface area contributed by atoms with Gasteiger partial charge in [0.1, 0.15) is 0 Å². The molecule has 0 saturated heterocycles. The lowest BCUT2D eigenvalue weighted by Gasteiger charge is -2.05. The Kier molecular flexibility index (Phi) is 4.32. The van der Waals surface area contributed by atoms with Gasteiger partial charge in [0.05, 0.1) is 6.61 Å². The van der Waals surface area contributed by atoms with E-state index in [9.17, 15) is 9.59 Å². The predicted octanol–water partition coefficient (Wildman–Crippen LogP) is 1.61. The molecule has 0 heterocycles. The van der Waals surface area contributed by atoms with Gasteiger partial charge in [0.2, 0.25) is 0 Å². The quantitative estimate of drug-likeness (QED) is 0.816. The Hall–Kier alpha value is -2.04. The Bertz CT molecular complexity index is 373. The van der Waals surface area contributed by atoms with Crippen molar-refractivity contribution in [1.29, 1.82) is 0 Å². The molecule has 0 aromatic heterocycles. The van der Waals surface area contributed by atoms with Crippen LogP contribution in [0, 0.1) is 0 Å². The summed E-state index contributed by atoms with van der Waals surface area (Å²) in [6.07, 6.45) is -0.504. The van der Waals surface area contributed by atoms with Gasteiger partial charge in [-0.1, -0.05) is 0 Å². The van der Waals surface area contributed by atoms with Gasteiger partial charge in [0.25, 0.3) is 5.91 Å². The molecule has 0 aliphatic carbocycles. The highest BCUT2D eigenvalue weighted by molar-refractivity contribution is 5.94. The first-order chi connectivity index (χ1) is 7.67. The number of carbonyl (C=O) groups excluding carboxylic acids is 2. The number of ether oxygens (including phenoxy) is 1. The molecular formula is C11H14N2O3. The maximum absolute atomic E-state index is 11.2. The van der Waals surface area contributed by atoms with E-state index in [0.717, 1.165) is 0 Å². The Morgan fingerprint density at radius 3 is 2.38 bits per heavy atom. The number of rotatable bonds is 3. The summed E-state index contributed by atoms with van der Waals surface area (Å²) in [5, 5.41) is 5.04. The summed E-state index contributed by atoms with van der Waals surface area (Å²) in [7, 11) is 1.56. The summed E-state index contributed by atoms with van der Waals surface area (Å²) in [6.45, 7) is 2.05. The van der Waals surface area contributed by atoms with Crippen molar-refractivity contribution in [2.75, 3.05) is 19.0 Å². The first-order valence-electron chi connectivity index (χ1n) is 4.93. The average molecular weight is 222 g/mol. The van der Waals surface area contributed by atoms with Crippen molar-refractivity contribution in [2.45, 2.75) is 6.92 Å². The predicted molar refractivity (Wildman–Crippen MR) is 60.5 cm³/mol. The fourth-order valence-corrected chi connectivity index (χ4v) is 1.13. The fraction of sp³-hybridized carbons (Fsp3) is 0.273. The van der Waals surface area contributed by atoms with Crippen molar-refractivity contribution in [1.82, 2.24) is 5.32 Å². The molecule has 0 spiro atoms. The minimum atomic E-state index is -0.504. The van der Waals surface area contributed by atoms with Gasteiger partial charge in [0, 0.05) is 18.3 Å². The largest absolute Gasteiger partial charge is 0.450 e. The molecule has 0 bridgehead atoms. The first-order valence-corrected chi connectivity index (χ1v) is 4.93. The molecule has 1 rings (SSSR count). The van der Waals surface area contributed by atoms with Crippen LogP contribution >= 0.6 is 0 Å². The van der Waals surface area contributed by atoms with E-state index in [1.807, 2.05) is 0 Å². The van der Waals surface area contributed by atoms with Crippen LogP contribution < -0.4 is 10.6 Å².